The van der Waals surface area contributed by atoms with E-state index in [0.29, 0.717) is 29.8 Å². The van der Waals surface area contributed by atoms with Crippen LogP contribution in [0, 0.1) is 5.92 Å². The molecule has 1 heterocycles. The second-order valence-electron chi connectivity index (χ2n) is 5.47. The zero-order chi connectivity index (χ0) is 16.0. The molecule has 122 valence electrons. The summed E-state index contributed by atoms with van der Waals surface area (Å²) in [6.07, 6.45) is 0.728. The van der Waals surface area contributed by atoms with Crippen LogP contribution in [0.5, 0.6) is 0 Å². The number of sulfone groups is 1. The van der Waals surface area contributed by atoms with Crippen LogP contribution in [0.1, 0.15) is 18.9 Å². The second-order valence-corrected chi connectivity index (χ2v) is 8.14. The third kappa shape index (κ3) is 5.50. The average molecular weight is 344 g/mol. The van der Waals surface area contributed by atoms with Crippen molar-refractivity contribution < 1.29 is 8.42 Å². The molecule has 1 aliphatic heterocycles. The second kappa shape index (κ2) is 7.83. The van der Waals surface area contributed by atoms with Gasteiger partial charge >= 0.3 is 0 Å². The number of aliphatic imine (C=N–C) groups is 1. The van der Waals surface area contributed by atoms with Crippen LogP contribution in [0.4, 0.5) is 0 Å². The molecule has 2 N–H and O–H groups in total. The molecule has 0 radical (unpaired) electrons. The largest absolute Gasteiger partial charge is 0.357 e. The lowest BCUT2D eigenvalue weighted by Crippen LogP contribution is -2.40. The van der Waals surface area contributed by atoms with E-state index >= 15 is 0 Å². The van der Waals surface area contributed by atoms with Gasteiger partial charge in [0.05, 0.1) is 18.1 Å². The standard InChI is InChI=1S/C15H22ClN3O2S/c1-2-17-15(18-9-12-3-5-14(16)6-4-12)19-10-13-7-8-22(20,21)11-13/h3-6,13H,2,7-11H2,1H3,(H2,17,18,19). The minimum atomic E-state index is -2.83. The molecule has 1 atom stereocenters. The molecule has 7 heteroatoms. The molecule has 1 aliphatic rings. The summed E-state index contributed by atoms with van der Waals surface area (Å²) in [5.41, 5.74) is 1.07. The maximum atomic E-state index is 11.5. The van der Waals surface area contributed by atoms with Crippen molar-refractivity contribution >= 4 is 27.4 Å². The predicted octanol–water partition coefficient (Wildman–Crippen LogP) is 1.83. The first-order valence-electron chi connectivity index (χ1n) is 7.45. The van der Waals surface area contributed by atoms with E-state index in [2.05, 4.69) is 15.6 Å². The van der Waals surface area contributed by atoms with Gasteiger partial charge in [0, 0.05) is 18.1 Å². The van der Waals surface area contributed by atoms with Gasteiger partial charge in [-0.3, -0.25) is 0 Å². The maximum Gasteiger partial charge on any atom is 0.191 e. The molecule has 0 amide bonds. The summed E-state index contributed by atoms with van der Waals surface area (Å²) in [4.78, 5) is 4.51. The Kier molecular flexibility index (Phi) is 6.08. The number of rotatable bonds is 5. The molecule has 0 saturated carbocycles. The van der Waals surface area contributed by atoms with Gasteiger partial charge in [0.2, 0.25) is 0 Å². The summed E-state index contributed by atoms with van der Waals surface area (Å²) in [5.74, 6) is 1.46. The SMILES string of the molecule is CCNC(=NCc1ccc(Cl)cc1)NCC1CCS(=O)(=O)C1. The van der Waals surface area contributed by atoms with Gasteiger partial charge in [-0.05, 0) is 37.0 Å². The van der Waals surface area contributed by atoms with E-state index in [0.717, 1.165) is 18.5 Å². The Hall–Kier alpha value is -1.27. The molecule has 1 aromatic carbocycles. The Morgan fingerprint density at radius 1 is 1.32 bits per heavy atom. The number of halogens is 1. The Labute approximate surface area is 137 Å². The zero-order valence-corrected chi connectivity index (χ0v) is 14.3. The Bertz CT molecular complexity index is 614. The molecule has 1 saturated heterocycles. The topological polar surface area (TPSA) is 70.6 Å². The van der Waals surface area contributed by atoms with E-state index < -0.39 is 9.84 Å². The van der Waals surface area contributed by atoms with E-state index in [1.165, 1.54) is 0 Å². The monoisotopic (exact) mass is 343 g/mol. The van der Waals surface area contributed by atoms with Crippen molar-refractivity contribution in [3.63, 3.8) is 0 Å². The quantitative estimate of drug-likeness (QED) is 0.632. The minimum absolute atomic E-state index is 0.171. The van der Waals surface area contributed by atoms with Gasteiger partial charge in [0.1, 0.15) is 0 Å². The molecule has 0 aromatic heterocycles. The van der Waals surface area contributed by atoms with Crippen LogP contribution in [-0.4, -0.2) is 39.0 Å². The van der Waals surface area contributed by atoms with Crippen molar-refractivity contribution in [2.45, 2.75) is 19.9 Å². The average Bonchev–Trinajstić information content (AvgIpc) is 2.83. The molecule has 0 bridgehead atoms. The third-order valence-corrected chi connectivity index (χ3v) is 5.65. The minimum Gasteiger partial charge on any atom is -0.357 e. The van der Waals surface area contributed by atoms with Crippen molar-refractivity contribution in [3.05, 3.63) is 34.9 Å². The van der Waals surface area contributed by atoms with Gasteiger partial charge < -0.3 is 10.6 Å². The lowest BCUT2D eigenvalue weighted by molar-refractivity contribution is 0.567. The van der Waals surface area contributed by atoms with Crippen LogP contribution >= 0.6 is 11.6 Å². The number of benzene rings is 1. The number of nitrogens with zero attached hydrogens (tertiary/aromatic N) is 1. The fourth-order valence-electron chi connectivity index (χ4n) is 2.38. The van der Waals surface area contributed by atoms with E-state index in [-0.39, 0.29) is 11.7 Å². The van der Waals surface area contributed by atoms with Crippen molar-refractivity contribution in [1.82, 2.24) is 10.6 Å². The summed E-state index contributed by atoms with van der Waals surface area (Å²) < 4.78 is 22.9. The molecule has 1 unspecified atom stereocenters. The van der Waals surface area contributed by atoms with Crippen LogP contribution in [0.25, 0.3) is 0 Å². The van der Waals surface area contributed by atoms with Gasteiger partial charge in [-0.2, -0.15) is 0 Å². The zero-order valence-electron chi connectivity index (χ0n) is 12.7. The molecule has 2 rings (SSSR count). The van der Waals surface area contributed by atoms with Gasteiger partial charge in [0.15, 0.2) is 15.8 Å². The van der Waals surface area contributed by atoms with E-state index in [9.17, 15) is 8.42 Å². The molecular formula is C15H22ClN3O2S. The van der Waals surface area contributed by atoms with Crippen LogP contribution in [0.2, 0.25) is 5.02 Å². The smallest absolute Gasteiger partial charge is 0.191 e. The van der Waals surface area contributed by atoms with E-state index in [4.69, 9.17) is 11.6 Å². The first-order valence-corrected chi connectivity index (χ1v) is 9.65. The highest BCUT2D eigenvalue weighted by Crippen LogP contribution is 2.17. The lowest BCUT2D eigenvalue weighted by Gasteiger charge is -2.14. The predicted molar refractivity (Wildman–Crippen MR) is 91.0 cm³/mol. The van der Waals surface area contributed by atoms with Gasteiger partial charge in [-0.15, -0.1) is 0 Å². The fraction of sp³-hybridized carbons (Fsp3) is 0.533. The van der Waals surface area contributed by atoms with Gasteiger partial charge in [-0.25, -0.2) is 13.4 Å². The highest BCUT2D eigenvalue weighted by Gasteiger charge is 2.27. The number of hydrogen-bond donors (Lipinski definition) is 2. The normalized spacial score (nSPS) is 20.8. The number of guanidine groups is 1. The molecule has 1 fully saturated rings. The Morgan fingerprint density at radius 3 is 2.64 bits per heavy atom. The molecule has 1 aromatic rings. The summed E-state index contributed by atoms with van der Waals surface area (Å²) in [5, 5.41) is 7.11. The molecule has 0 spiro atoms. The van der Waals surface area contributed by atoms with Crippen LogP contribution < -0.4 is 10.6 Å². The summed E-state index contributed by atoms with van der Waals surface area (Å²) in [7, 11) is -2.83. The van der Waals surface area contributed by atoms with Gasteiger partial charge in [-0.1, -0.05) is 23.7 Å². The van der Waals surface area contributed by atoms with Crippen molar-refractivity contribution in [2.75, 3.05) is 24.6 Å². The van der Waals surface area contributed by atoms with Crippen LogP contribution in [-0.2, 0) is 16.4 Å². The molecular weight excluding hydrogens is 322 g/mol. The van der Waals surface area contributed by atoms with Crippen LogP contribution in [0.3, 0.4) is 0 Å². The summed E-state index contributed by atoms with van der Waals surface area (Å²) >= 11 is 5.86. The summed E-state index contributed by atoms with van der Waals surface area (Å²) in [6.45, 7) is 3.94. The number of nitrogens with one attached hydrogen (secondary N) is 2. The van der Waals surface area contributed by atoms with E-state index in [1.807, 2.05) is 31.2 Å². The number of hydrogen-bond acceptors (Lipinski definition) is 3. The Balaban J connectivity index is 1.88. The van der Waals surface area contributed by atoms with E-state index in [1.54, 1.807) is 0 Å². The Morgan fingerprint density at radius 2 is 2.05 bits per heavy atom. The third-order valence-electron chi connectivity index (χ3n) is 3.56. The first-order chi connectivity index (χ1) is 10.5. The first kappa shape index (κ1) is 17.1. The maximum absolute atomic E-state index is 11.5. The van der Waals surface area contributed by atoms with Crippen molar-refractivity contribution in [1.29, 1.82) is 0 Å². The van der Waals surface area contributed by atoms with Crippen molar-refractivity contribution in [3.8, 4) is 0 Å². The highest BCUT2D eigenvalue weighted by molar-refractivity contribution is 7.91. The van der Waals surface area contributed by atoms with Gasteiger partial charge in [0.25, 0.3) is 0 Å². The fourth-order valence-corrected chi connectivity index (χ4v) is 4.36. The molecule has 5 nitrogen and oxygen atoms in total. The summed E-state index contributed by atoms with van der Waals surface area (Å²) in [6, 6.07) is 7.57. The molecule has 0 aliphatic carbocycles. The van der Waals surface area contributed by atoms with Crippen molar-refractivity contribution in [2.24, 2.45) is 10.9 Å². The lowest BCUT2D eigenvalue weighted by atomic mass is 10.1. The molecule has 22 heavy (non-hydrogen) atoms. The highest BCUT2D eigenvalue weighted by atomic mass is 35.5. The van der Waals surface area contributed by atoms with Crippen LogP contribution in [0.15, 0.2) is 29.3 Å².